The molecule has 0 amide bonds. The van der Waals surface area contributed by atoms with Gasteiger partial charge in [-0.05, 0) is 36.6 Å². The summed E-state index contributed by atoms with van der Waals surface area (Å²) >= 11 is 0. The van der Waals surface area contributed by atoms with Crippen molar-refractivity contribution in [3.8, 4) is 0 Å². The molecule has 4 nitrogen and oxygen atoms in total. The fraction of sp³-hybridized carbons (Fsp3) is 0.333. The summed E-state index contributed by atoms with van der Waals surface area (Å²) in [7, 11) is -3.03. The van der Waals surface area contributed by atoms with Crippen molar-refractivity contribution in [1.82, 2.24) is 4.31 Å². The number of benzene rings is 2. The lowest BCUT2D eigenvalue weighted by Gasteiger charge is -2.24. The number of hydrogen-bond acceptors (Lipinski definition) is 3. The van der Waals surface area contributed by atoms with Crippen LogP contribution in [0.25, 0.3) is 0 Å². The first kappa shape index (κ1) is 18.7. The number of halogens is 3. The second kappa shape index (κ2) is 7.28. The number of rotatable bonds is 5. The van der Waals surface area contributed by atoms with Crippen LogP contribution in [0.1, 0.15) is 18.4 Å². The normalized spacial score (nSPS) is 15.0. The maximum absolute atomic E-state index is 14.0. The molecular weight excluding hydrogens is 365 g/mol. The molecule has 0 saturated carbocycles. The molecule has 0 radical (unpaired) electrons. The molecule has 1 heterocycles. The summed E-state index contributed by atoms with van der Waals surface area (Å²) in [6, 6.07) is 8.75. The Morgan fingerprint density at radius 2 is 1.65 bits per heavy atom. The molecule has 140 valence electrons. The fourth-order valence-electron chi connectivity index (χ4n) is 3.11. The minimum absolute atomic E-state index is 0.00651. The van der Waals surface area contributed by atoms with E-state index in [1.165, 1.54) is 7.05 Å². The quantitative estimate of drug-likeness (QED) is 0.741. The first-order chi connectivity index (χ1) is 12.3. The number of para-hydroxylation sites is 1. The highest BCUT2D eigenvalue weighted by Crippen LogP contribution is 2.28. The summed E-state index contributed by atoms with van der Waals surface area (Å²) in [5.74, 6) is -4.93. The number of nitrogens with zero attached hydrogens (tertiary/aromatic N) is 2. The Morgan fingerprint density at radius 1 is 1.00 bits per heavy atom. The predicted molar refractivity (Wildman–Crippen MR) is 92.9 cm³/mol. The van der Waals surface area contributed by atoms with Crippen molar-refractivity contribution in [1.29, 1.82) is 0 Å². The Balaban J connectivity index is 1.91. The van der Waals surface area contributed by atoms with Gasteiger partial charge in [0.1, 0.15) is 4.90 Å². The van der Waals surface area contributed by atoms with E-state index in [2.05, 4.69) is 4.90 Å². The maximum atomic E-state index is 14.0. The third kappa shape index (κ3) is 3.43. The Hall–Kier alpha value is -2.06. The highest BCUT2D eigenvalue weighted by molar-refractivity contribution is 7.89. The van der Waals surface area contributed by atoms with Crippen LogP contribution in [0.15, 0.2) is 41.3 Å². The molecule has 1 saturated heterocycles. The van der Waals surface area contributed by atoms with Crippen LogP contribution in [0, 0.1) is 17.5 Å². The van der Waals surface area contributed by atoms with E-state index in [1.54, 1.807) is 12.1 Å². The Kier molecular flexibility index (Phi) is 5.24. The van der Waals surface area contributed by atoms with E-state index < -0.39 is 32.4 Å². The SMILES string of the molecule is CN(Cc1ccccc1N1CCCC1)S(=O)(=O)c1ccc(F)c(F)c1F. The molecule has 0 aliphatic carbocycles. The lowest BCUT2D eigenvalue weighted by Crippen LogP contribution is -2.29. The van der Waals surface area contributed by atoms with Gasteiger partial charge in [0.05, 0.1) is 0 Å². The lowest BCUT2D eigenvalue weighted by atomic mass is 10.1. The summed E-state index contributed by atoms with van der Waals surface area (Å²) in [5.41, 5.74) is 1.70. The number of sulfonamides is 1. The molecule has 0 atom stereocenters. The van der Waals surface area contributed by atoms with Crippen molar-refractivity contribution in [3.63, 3.8) is 0 Å². The van der Waals surface area contributed by atoms with Crippen LogP contribution < -0.4 is 4.90 Å². The van der Waals surface area contributed by atoms with Gasteiger partial charge in [-0.15, -0.1) is 0 Å². The molecule has 2 aromatic carbocycles. The third-order valence-corrected chi connectivity index (χ3v) is 6.34. The lowest BCUT2D eigenvalue weighted by molar-refractivity contribution is 0.421. The number of hydrogen-bond donors (Lipinski definition) is 0. The molecule has 0 bridgehead atoms. The van der Waals surface area contributed by atoms with E-state index in [0.717, 1.165) is 47.6 Å². The number of anilines is 1. The third-order valence-electron chi connectivity index (χ3n) is 4.52. The molecule has 8 heteroatoms. The molecule has 1 aliphatic heterocycles. The van der Waals surface area contributed by atoms with Crippen LogP contribution >= 0.6 is 0 Å². The van der Waals surface area contributed by atoms with Crippen LogP contribution in [0.2, 0.25) is 0 Å². The Labute approximate surface area is 150 Å². The van der Waals surface area contributed by atoms with E-state index in [-0.39, 0.29) is 6.54 Å². The van der Waals surface area contributed by atoms with Crippen molar-refractivity contribution in [2.24, 2.45) is 0 Å². The van der Waals surface area contributed by atoms with E-state index in [0.29, 0.717) is 6.07 Å². The molecular formula is C18H19F3N2O2S. The minimum atomic E-state index is -4.31. The van der Waals surface area contributed by atoms with E-state index in [9.17, 15) is 21.6 Å². The minimum Gasteiger partial charge on any atom is -0.371 e. The maximum Gasteiger partial charge on any atom is 0.246 e. The van der Waals surface area contributed by atoms with Crippen LogP contribution in [0.4, 0.5) is 18.9 Å². The fourth-order valence-corrected chi connectivity index (χ4v) is 4.31. The summed E-state index contributed by atoms with van der Waals surface area (Å²) < 4.78 is 66.7. The second-order valence-electron chi connectivity index (χ2n) is 6.26. The first-order valence-corrected chi connectivity index (χ1v) is 9.69. The zero-order chi connectivity index (χ0) is 18.9. The Morgan fingerprint density at radius 3 is 2.35 bits per heavy atom. The molecule has 26 heavy (non-hydrogen) atoms. The van der Waals surface area contributed by atoms with Crippen molar-refractivity contribution in [2.75, 3.05) is 25.0 Å². The molecule has 0 aromatic heterocycles. The molecule has 2 aromatic rings. The summed E-state index contributed by atoms with van der Waals surface area (Å²) in [6.07, 6.45) is 2.14. The van der Waals surface area contributed by atoms with Crippen LogP contribution in [-0.4, -0.2) is 32.9 Å². The largest absolute Gasteiger partial charge is 0.371 e. The summed E-state index contributed by atoms with van der Waals surface area (Å²) in [5, 5.41) is 0. The van der Waals surface area contributed by atoms with Crippen molar-refractivity contribution >= 4 is 15.7 Å². The highest BCUT2D eigenvalue weighted by Gasteiger charge is 2.28. The Bertz CT molecular complexity index is 913. The molecule has 0 N–H and O–H groups in total. The average Bonchev–Trinajstić information content (AvgIpc) is 3.14. The van der Waals surface area contributed by atoms with Gasteiger partial charge in [-0.25, -0.2) is 21.6 Å². The van der Waals surface area contributed by atoms with Gasteiger partial charge in [-0.2, -0.15) is 4.31 Å². The summed E-state index contributed by atoms with van der Waals surface area (Å²) in [6.45, 7) is 1.78. The molecule has 0 spiro atoms. The van der Waals surface area contributed by atoms with Crippen LogP contribution in [-0.2, 0) is 16.6 Å². The van der Waals surface area contributed by atoms with Gasteiger partial charge < -0.3 is 4.90 Å². The van der Waals surface area contributed by atoms with Crippen molar-refractivity contribution in [3.05, 3.63) is 59.4 Å². The van der Waals surface area contributed by atoms with Gasteiger partial charge in [0.15, 0.2) is 17.5 Å². The van der Waals surface area contributed by atoms with Gasteiger partial charge in [0.25, 0.3) is 0 Å². The molecule has 1 aliphatic rings. The predicted octanol–water partition coefficient (Wildman–Crippen LogP) is 3.52. The van der Waals surface area contributed by atoms with E-state index in [4.69, 9.17) is 0 Å². The average molecular weight is 384 g/mol. The van der Waals surface area contributed by atoms with Crippen molar-refractivity contribution < 1.29 is 21.6 Å². The molecule has 1 fully saturated rings. The topological polar surface area (TPSA) is 40.6 Å². The van der Waals surface area contributed by atoms with E-state index in [1.807, 2.05) is 12.1 Å². The van der Waals surface area contributed by atoms with Gasteiger partial charge in [0.2, 0.25) is 10.0 Å². The van der Waals surface area contributed by atoms with Gasteiger partial charge in [-0.1, -0.05) is 18.2 Å². The van der Waals surface area contributed by atoms with Crippen LogP contribution in [0.5, 0.6) is 0 Å². The zero-order valence-electron chi connectivity index (χ0n) is 14.3. The summed E-state index contributed by atoms with van der Waals surface area (Å²) in [4.78, 5) is 1.30. The van der Waals surface area contributed by atoms with Gasteiger partial charge in [0, 0.05) is 32.4 Å². The zero-order valence-corrected chi connectivity index (χ0v) is 15.1. The van der Waals surface area contributed by atoms with E-state index >= 15 is 0 Å². The smallest absolute Gasteiger partial charge is 0.246 e. The van der Waals surface area contributed by atoms with Crippen molar-refractivity contribution in [2.45, 2.75) is 24.3 Å². The first-order valence-electron chi connectivity index (χ1n) is 8.25. The van der Waals surface area contributed by atoms with Gasteiger partial charge >= 0.3 is 0 Å². The van der Waals surface area contributed by atoms with Crippen LogP contribution in [0.3, 0.4) is 0 Å². The molecule has 3 rings (SSSR count). The highest BCUT2D eigenvalue weighted by atomic mass is 32.2. The monoisotopic (exact) mass is 384 g/mol. The standard InChI is InChI=1S/C18H19F3N2O2S/c1-22(26(24,25)16-9-8-14(19)17(20)18(16)21)12-13-6-2-3-7-15(13)23-10-4-5-11-23/h2-3,6-9H,4-5,10-12H2,1H3. The molecule has 0 unspecified atom stereocenters. The van der Waals surface area contributed by atoms with Gasteiger partial charge in [-0.3, -0.25) is 0 Å². The second-order valence-corrected chi connectivity index (χ2v) is 8.27.